The van der Waals surface area contributed by atoms with Crippen molar-refractivity contribution in [2.45, 2.75) is 24.5 Å². The maximum Gasteiger partial charge on any atom is 0.237 e. The Balaban J connectivity index is 1.24. The molecular weight excluding hydrogens is 370 g/mol. The zero-order valence-corrected chi connectivity index (χ0v) is 16.4. The van der Waals surface area contributed by atoms with Crippen LogP contribution in [0.1, 0.15) is 17.5 Å². The first-order valence-corrected chi connectivity index (χ1v) is 10.6. The molecule has 3 aromatic rings. The van der Waals surface area contributed by atoms with E-state index in [-0.39, 0.29) is 17.1 Å². The number of hydrogen-bond donors (Lipinski definition) is 3. The third-order valence-corrected chi connectivity index (χ3v) is 6.33. The molecule has 0 spiro atoms. The van der Waals surface area contributed by atoms with Crippen molar-refractivity contribution >= 4 is 40.2 Å². The molecule has 0 bridgehead atoms. The molecule has 28 heavy (non-hydrogen) atoms. The highest BCUT2D eigenvalue weighted by Gasteiger charge is 2.24. The lowest BCUT2D eigenvalue weighted by Crippen LogP contribution is -2.30. The summed E-state index contributed by atoms with van der Waals surface area (Å²) < 4.78 is 0. The Hall–Kier alpha value is -2.73. The lowest BCUT2D eigenvalue weighted by molar-refractivity contribution is -0.118. The molecule has 1 aromatic heterocycles. The number of rotatable bonds is 6. The molecule has 2 amide bonds. The standard InChI is InChI=1S/C22H23N3O2S/c26-21(23-12-11-16-13-24-19-8-4-2-6-17(16)19)14-28-20-10-9-15-5-1-3-7-18(15)25-22(20)27/h1-8,13,20,24H,9-12,14H2,(H,23,26)(H,25,27). The number of aromatic nitrogens is 1. The van der Waals surface area contributed by atoms with Gasteiger partial charge in [0.1, 0.15) is 0 Å². The Morgan fingerprint density at radius 1 is 1.14 bits per heavy atom. The number of para-hydroxylation sites is 2. The summed E-state index contributed by atoms with van der Waals surface area (Å²) >= 11 is 1.42. The molecule has 0 radical (unpaired) electrons. The third kappa shape index (κ3) is 4.22. The van der Waals surface area contributed by atoms with Crippen LogP contribution in [-0.2, 0) is 22.4 Å². The molecule has 1 aliphatic rings. The first-order valence-electron chi connectivity index (χ1n) is 9.53. The van der Waals surface area contributed by atoms with Crippen molar-refractivity contribution in [2.75, 3.05) is 17.6 Å². The van der Waals surface area contributed by atoms with E-state index in [0.717, 1.165) is 36.0 Å². The van der Waals surface area contributed by atoms with Gasteiger partial charge in [0.15, 0.2) is 0 Å². The molecule has 2 aromatic carbocycles. The van der Waals surface area contributed by atoms with Crippen molar-refractivity contribution in [3.8, 4) is 0 Å². The van der Waals surface area contributed by atoms with Gasteiger partial charge in [-0.15, -0.1) is 11.8 Å². The highest BCUT2D eigenvalue weighted by Crippen LogP contribution is 2.27. The van der Waals surface area contributed by atoms with E-state index in [1.54, 1.807) is 0 Å². The number of aryl methyl sites for hydroxylation is 1. The van der Waals surface area contributed by atoms with Crippen LogP contribution in [-0.4, -0.2) is 34.3 Å². The van der Waals surface area contributed by atoms with E-state index in [1.165, 1.54) is 22.7 Å². The van der Waals surface area contributed by atoms with Gasteiger partial charge in [-0.3, -0.25) is 9.59 Å². The number of H-pyrrole nitrogens is 1. The molecule has 1 aliphatic heterocycles. The largest absolute Gasteiger partial charge is 0.361 e. The highest BCUT2D eigenvalue weighted by atomic mass is 32.2. The maximum atomic E-state index is 12.4. The maximum absolute atomic E-state index is 12.4. The van der Waals surface area contributed by atoms with Gasteiger partial charge in [0, 0.05) is 29.3 Å². The zero-order chi connectivity index (χ0) is 19.3. The second-order valence-electron chi connectivity index (χ2n) is 6.94. The summed E-state index contributed by atoms with van der Waals surface area (Å²) in [5, 5.41) is 6.94. The van der Waals surface area contributed by atoms with Gasteiger partial charge < -0.3 is 15.6 Å². The molecule has 0 fully saturated rings. The number of carbonyl (C=O) groups excluding carboxylic acids is 2. The molecule has 0 aliphatic carbocycles. The average Bonchev–Trinajstić information content (AvgIpc) is 3.04. The fourth-order valence-electron chi connectivity index (χ4n) is 3.55. The number of carbonyl (C=O) groups is 2. The number of aromatic amines is 1. The van der Waals surface area contributed by atoms with E-state index in [0.29, 0.717) is 12.3 Å². The van der Waals surface area contributed by atoms with Crippen molar-refractivity contribution in [1.82, 2.24) is 10.3 Å². The van der Waals surface area contributed by atoms with Gasteiger partial charge in [0.05, 0.1) is 11.0 Å². The molecule has 0 saturated heterocycles. The van der Waals surface area contributed by atoms with Crippen LogP contribution in [0.15, 0.2) is 54.7 Å². The average molecular weight is 394 g/mol. The van der Waals surface area contributed by atoms with Crippen LogP contribution in [0.5, 0.6) is 0 Å². The van der Waals surface area contributed by atoms with Crippen molar-refractivity contribution in [3.63, 3.8) is 0 Å². The summed E-state index contributed by atoms with van der Waals surface area (Å²) in [6.45, 7) is 0.587. The normalized spacial score (nSPS) is 16.3. The SMILES string of the molecule is O=C(CSC1CCc2ccccc2NC1=O)NCCc1c[nH]c2ccccc12. The first-order chi connectivity index (χ1) is 13.7. The van der Waals surface area contributed by atoms with Crippen LogP contribution in [0.2, 0.25) is 0 Å². The van der Waals surface area contributed by atoms with E-state index in [9.17, 15) is 9.59 Å². The Kier molecular flexibility index (Phi) is 5.67. The van der Waals surface area contributed by atoms with Gasteiger partial charge in [-0.1, -0.05) is 36.4 Å². The summed E-state index contributed by atoms with van der Waals surface area (Å²) in [6, 6.07) is 16.0. The fraction of sp³-hybridized carbons (Fsp3) is 0.273. The summed E-state index contributed by atoms with van der Waals surface area (Å²) in [7, 11) is 0. The minimum Gasteiger partial charge on any atom is -0.361 e. The van der Waals surface area contributed by atoms with Gasteiger partial charge in [-0.05, 0) is 42.5 Å². The van der Waals surface area contributed by atoms with E-state index in [2.05, 4.69) is 21.7 Å². The molecule has 6 heteroatoms. The molecular formula is C22H23N3O2S. The molecule has 5 nitrogen and oxygen atoms in total. The van der Waals surface area contributed by atoms with Gasteiger partial charge in [0.25, 0.3) is 0 Å². The Labute approximate surface area is 168 Å². The van der Waals surface area contributed by atoms with Crippen LogP contribution in [0, 0.1) is 0 Å². The van der Waals surface area contributed by atoms with Gasteiger partial charge in [0.2, 0.25) is 11.8 Å². The van der Waals surface area contributed by atoms with Crippen LogP contribution >= 0.6 is 11.8 Å². The number of amides is 2. The summed E-state index contributed by atoms with van der Waals surface area (Å²) in [6.07, 6.45) is 4.36. The zero-order valence-electron chi connectivity index (χ0n) is 15.5. The number of benzene rings is 2. The lowest BCUT2D eigenvalue weighted by Gasteiger charge is -2.12. The monoisotopic (exact) mass is 393 g/mol. The Morgan fingerprint density at radius 2 is 1.96 bits per heavy atom. The number of anilines is 1. The molecule has 4 rings (SSSR count). The van der Waals surface area contributed by atoms with E-state index in [4.69, 9.17) is 0 Å². The van der Waals surface area contributed by atoms with Crippen molar-refractivity contribution in [1.29, 1.82) is 0 Å². The number of hydrogen-bond acceptors (Lipinski definition) is 3. The van der Waals surface area contributed by atoms with E-state index < -0.39 is 0 Å². The van der Waals surface area contributed by atoms with Gasteiger partial charge >= 0.3 is 0 Å². The van der Waals surface area contributed by atoms with Crippen LogP contribution < -0.4 is 10.6 Å². The quantitative estimate of drug-likeness (QED) is 0.600. The molecule has 3 N–H and O–H groups in total. The second-order valence-corrected chi connectivity index (χ2v) is 8.14. The molecule has 1 atom stereocenters. The first kappa shape index (κ1) is 18.6. The number of thioether (sulfide) groups is 1. The minimum atomic E-state index is -0.202. The molecule has 2 heterocycles. The summed E-state index contributed by atoms with van der Waals surface area (Å²) in [4.78, 5) is 27.9. The van der Waals surface area contributed by atoms with Crippen LogP contribution in [0.4, 0.5) is 5.69 Å². The molecule has 144 valence electrons. The summed E-state index contributed by atoms with van der Waals surface area (Å²) in [5.74, 6) is 0.253. The highest BCUT2D eigenvalue weighted by molar-refractivity contribution is 8.01. The van der Waals surface area contributed by atoms with E-state index >= 15 is 0 Å². The Bertz CT molecular complexity index is 998. The predicted octanol–water partition coefficient (Wildman–Crippen LogP) is 3.51. The third-order valence-electron chi connectivity index (χ3n) is 5.05. The predicted molar refractivity (Wildman–Crippen MR) is 115 cm³/mol. The van der Waals surface area contributed by atoms with Gasteiger partial charge in [-0.25, -0.2) is 0 Å². The minimum absolute atomic E-state index is 0.0125. The van der Waals surface area contributed by atoms with Crippen LogP contribution in [0.3, 0.4) is 0 Å². The smallest absolute Gasteiger partial charge is 0.237 e. The van der Waals surface area contributed by atoms with Crippen LogP contribution in [0.25, 0.3) is 10.9 Å². The lowest BCUT2D eigenvalue weighted by atomic mass is 10.1. The van der Waals surface area contributed by atoms with Gasteiger partial charge in [-0.2, -0.15) is 0 Å². The Morgan fingerprint density at radius 3 is 2.89 bits per heavy atom. The van der Waals surface area contributed by atoms with Crippen molar-refractivity contribution in [3.05, 3.63) is 65.9 Å². The van der Waals surface area contributed by atoms with E-state index in [1.807, 2.05) is 48.7 Å². The number of nitrogens with one attached hydrogen (secondary N) is 3. The molecule has 1 unspecified atom stereocenters. The topological polar surface area (TPSA) is 74.0 Å². The van der Waals surface area contributed by atoms with Crippen molar-refractivity contribution < 1.29 is 9.59 Å². The fourth-order valence-corrected chi connectivity index (χ4v) is 4.50. The summed E-state index contributed by atoms with van der Waals surface area (Å²) in [5.41, 5.74) is 4.35. The number of fused-ring (bicyclic) bond motifs is 2. The van der Waals surface area contributed by atoms with Crippen molar-refractivity contribution in [2.24, 2.45) is 0 Å². The molecule has 0 saturated carbocycles. The second kappa shape index (κ2) is 8.52.